The Morgan fingerprint density at radius 1 is 0.925 bits per heavy atom. The Bertz CT molecular complexity index is 1890. The SMILES string of the molecule is O=C(O)Nc1ccc(-c2cnc3c(c2)ncn3-c2cc(NS(=O)(=O)C3CC3)cc(-c3ccc(F)cc3F)c2)cn1. The van der Waals surface area contributed by atoms with Gasteiger partial charge in [0.05, 0.1) is 16.6 Å². The Morgan fingerprint density at radius 2 is 1.73 bits per heavy atom. The molecule has 0 atom stereocenters. The number of pyridine rings is 2. The van der Waals surface area contributed by atoms with E-state index in [4.69, 9.17) is 5.11 Å². The maximum atomic E-state index is 14.7. The van der Waals surface area contributed by atoms with Crippen molar-refractivity contribution in [3.05, 3.63) is 85.0 Å². The van der Waals surface area contributed by atoms with E-state index in [1.165, 1.54) is 30.7 Å². The highest BCUT2D eigenvalue weighted by Gasteiger charge is 2.35. The third-order valence-corrected chi connectivity index (χ3v) is 8.25. The van der Waals surface area contributed by atoms with Crippen LogP contribution in [-0.2, 0) is 10.0 Å². The highest BCUT2D eigenvalue weighted by atomic mass is 32.2. The van der Waals surface area contributed by atoms with Crippen molar-refractivity contribution >= 4 is 38.8 Å². The van der Waals surface area contributed by atoms with Gasteiger partial charge in [-0.25, -0.2) is 36.9 Å². The number of amides is 1. The predicted molar refractivity (Wildman–Crippen MR) is 145 cm³/mol. The first-order chi connectivity index (χ1) is 19.2. The van der Waals surface area contributed by atoms with Crippen LogP contribution in [0.3, 0.4) is 0 Å². The molecule has 2 aromatic carbocycles. The van der Waals surface area contributed by atoms with Crippen LogP contribution in [0.15, 0.2) is 73.3 Å². The molecule has 13 heteroatoms. The number of sulfonamides is 1. The highest BCUT2D eigenvalue weighted by molar-refractivity contribution is 7.93. The number of hydrogen-bond acceptors (Lipinski definition) is 6. The van der Waals surface area contributed by atoms with E-state index in [0.717, 1.165) is 12.1 Å². The van der Waals surface area contributed by atoms with Gasteiger partial charge in [0.2, 0.25) is 10.0 Å². The lowest BCUT2D eigenvalue weighted by Gasteiger charge is -2.14. The lowest BCUT2D eigenvalue weighted by Crippen LogP contribution is -2.17. The summed E-state index contributed by atoms with van der Waals surface area (Å²) in [5.41, 5.74) is 3.46. The van der Waals surface area contributed by atoms with Gasteiger partial charge in [0.1, 0.15) is 29.3 Å². The molecule has 0 aliphatic heterocycles. The molecule has 1 saturated carbocycles. The van der Waals surface area contributed by atoms with E-state index in [1.54, 1.807) is 35.0 Å². The number of halogens is 2. The van der Waals surface area contributed by atoms with Crippen LogP contribution in [0.1, 0.15) is 12.8 Å². The summed E-state index contributed by atoms with van der Waals surface area (Å²) in [7, 11) is -3.62. The molecule has 1 aliphatic carbocycles. The quantitative estimate of drug-likeness (QED) is 0.241. The lowest BCUT2D eigenvalue weighted by molar-refractivity contribution is 0.209. The first-order valence-corrected chi connectivity index (χ1v) is 13.6. The molecule has 0 saturated heterocycles. The number of carbonyl (C=O) groups is 1. The average molecular weight is 563 g/mol. The highest BCUT2D eigenvalue weighted by Crippen LogP contribution is 2.34. The van der Waals surface area contributed by atoms with Gasteiger partial charge >= 0.3 is 6.09 Å². The second kappa shape index (κ2) is 9.68. The normalized spacial score (nSPS) is 13.3. The summed E-state index contributed by atoms with van der Waals surface area (Å²) in [5.74, 6) is -1.33. The molecule has 1 amide bonds. The Labute approximate surface area is 226 Å². The Hall–Kier alpha value is -4.91. The summed E-state index contributed by atoms with van der Waals surface area (Å²) in [4.78, 5) is 23.9. The maximum Gasteiger partial charge on any atom is 0.410 e. The van der Waals surface area contributed by atoms with Gasteiger partial charge < -0.3 is 5.11 Å². The number of fused-ring (bicyclic) bond motifs is 1. The number of nitrogens with zero attached hydrogens (tertiary/aromatic N) is 4. The van der Waals surface area contributed by atoms with Crippen LogP contribution in [0.2, 0.25) is 0 Å². The summed E-state index contributed by atoms with van der Waals surface area (Å²) >= 11 is 0. The molecular weight excluding hydrogens is 542 g/mol. The molecule has 40 heavy (non-hydrogen) atoms. The van der Waals surface area contributed by atoms with Crippen LogP contribution in [0, 0.1) is 11.6 Å². The maximum absolute atomic E-state index is 14.7. The van der Waals surface area contributed by atoms with Crippen molar-refractivity contribution in [2.75, 3.05) is 10.0 Å². The van der Waals surface area contributed by atoms with Crippen molar-refractivity contribution in [2.45, 2.75) is 18.1 Å². The smallest absolute Gasteiger partial charge is 0.410 e. The molecule has 10 nitrogen and oxygen atoms in total. The van der Waals surface area contributed by atoms with Crippen molar-refractivity contribution in [1.29, 1.82) is 0 Å². The first kappa shape index (κ1) is 25.4. The van der Waals surface area contributed by atoms with Gasteiger partial charge in [0, 0.05) is 35.2 Å². The lowest BCUT2D eigenvalue weighted by atomic mass is 10.0. The number of nitrogens with one attached hydrogen (secondary N) is 2. The number of rotatable bonds is 7. The van der Waals surface area contributed by atoms with E-state index in [2.05, 4.69) is 25.0 Å². The number of hydrogen-bond donors (Lipinski definition) is 3. The van der Waals surface area contributed by atoms with Crippen LogP contribution >= 0.6 is 0 Å². The summed E-state index contributed by atoms with van der Waals surface area (Å²) in [6.07, 6.45) is 4.54. The van der Waals surface area contributed by atoms with Crippen LogP contribution in [0.5, 0.6) is 0 Å². The zero-order valence-corrected chi connectivity index (χ0v) is 21.4. The van der Waals surface area contributed by atoms with E-state index in [9.17, 15) is 22.0 Å². The number of imidazole rings is 1. The fourth-order valence-electron chi connectivity index (χ4n) is 4.31. The average Bonchev–Trinajstić information content (AvgIpc) is 3.69. The molecule has 3 N–H and O–H groups in total. The molecule has 1 aliphatic rings. The first-order valence-electron chi connectivity index (χ1n) is 12.1. The molecule has 6 rings (SSSR count). The summed E-state index contributed by atoms with van der Waals surface area (Å²) < 4.78 is 57.9. The molecular formula is C27H20F2N6O4S. The molecule has 202 valence electrons. The van der Waals surface area contributed by atoms with E-state index >= 15 is 0 Å². The van der Waals surface area contributed by atoms with Gasteiger partial charge in [-0.15, -0.1) is 0 Å². The molecule has 5 aromatic rings. The van der Waals surface area contributed by atoms with Crippen molar-refractivity contribution in [2.24, 2.45) is 0 Å². The number of carboxylic acid groups (broad SMARTS) is 1. The minimum absolute atomic E-state index is 0.100. The fourth-order valence-corrected chi connectivity index (χ4v) is 5.68. The van der Waals surface area contributed by atoms with Crippen molar-refractivity contribution in [3.63, 3.8) is 0 Å². The van der Waals surface area contributed by atoms with Gasteiger partial charge in [0.15, 0.2) is 5.65 Å². The molecule has 1 fully saturated rings. The van der Waals surface area contributed by atoms with Gasteiger partial charge in [-0.2, -0.15) is 0 Å². The Kier molecular flexibility index (Phi) is 6.14. The molecule has 3 heterocycles. The van der Waals surface area contributed by atoms with Gasteiger partial charge in [-0.1, -0.05) is 0 Å². The topological polar surface area (TPSA) is 139 Å². The molecule has 0 bridgehead atoms. The summed E-state index contributed by atoms with van der Waals surface area (Å²) in [6.45, 7) is 0. The summed E-state index contributed by atoms with van der Waals surface area (Å²) in [5, 5.41) is 10.5. The zero-order chi connectivity index (χ0) is 28.0. The standard InChI is InChI=1S/C27H20F2N6O4S/c28-18-2-5-22(23(29)10-18)16-7-19(34-40(38,39)21-3-4-21)11-20(8-16)35-14-32-24-9-17(13-31-26(24)35)15-1-6-25(30-12-15)33-27(36)37/h1-2,5-14,21,34H,3-4H2,(H,30,33)(H,36,37). The van der Waals surface area contributed by atoms with Crippen LogP contribution in [0.25, 0.3) is 39.1 Å². The minimum atomic E-state index is -3.62. The van der Waals surface area contributed by atoms with Crippen molar-refractivity contribution in [1.82, 2.24) is 19.5 Å². The molecule has 0 radical (unpaired) electrons. The number of aromatic nitrogens is 4. The number of anilines is 2. The van der Waals surface area contributed by atoms with Crippen molar-refractivity contribution < 1.29 is 27.1 Å². The fraction of sp³-hybridized carbons (Fsp3) is 0.111. The summed E-state index contributed by atoms with van der Waals surface area (Å²) in [6, 6.07) is 12.9. The number of benzene rings is 2. The Balaban J connectivity index is 1.41. The second-order valence-electron chi connectivity index (χ2n) is 9.28. The molecule has 0 spiro atoms. The van der Waals surface area contributed by atoms with Crippen LogP contribution in [-0.4, -0.2) is 44.4 Å². The third kappa shape index (κ3) is 5.06. The molecule has 0 unspecified atom stereocenters. The van der Waals surface area contributed by atoms with Crippen LogP contribution in [0.4, 0.5) is 25.1 Å². The van der Waals surface area contributed by atoms with E-state index < -0.39 is 33.0 Å². The van der Waals surface area contributed by atoms with Gasteiger partial charge in [-0.3, -0.25) is 14.6 Å². The van der Waals surface area contributed by atoms with E-state index in [-0.39, 0.29) is 17.1 Å². The minimum Gasteiger partial charge on any atom is -0.465 e. The second-order valence-corrected chi connectivity index (χ2v) is 11.2. The van der Waals surface area contributed by atoms with Crippen LogP contribution < -0.4 is 10.0 Å². The van der Waals surface area contributed by atoms with Gasteiger partial charge in [-0.05, 0) is 66.9 Å². The zero-order valence-electron chi connectivity index (χ0n) is 20.5. The van der Waals surface area contributed by atoms with Gasteiger partial charge in [0.25, 0.3) is 0 Å². The third-order valence-electron chi connectivity index (χ3n) is 6.38. The predicted octanol–water partition coefficient (Wildman–Crippen LogP) is 5.42. The Morgan fingerprint density at radius 3 is 2.42 bits per heavy atom. The monoisotopic (exact) mass is 562 g/mol. The van der Waals surface area contributed by atoms with E-state index in [1.807, 2.05) is 0 Å². The van der Waals surface area contributed by atoms with Crippen molar-refractivity contribution in [3.8, 4) is 27.9 Å². The van der Waals surface area contributed by atoms with E-state index in [0.29, 0.717) is 46.4 Å². The molecule has 3 aromatic heterocycles. The largest absolute Gasteiger partial charge is 0.465 e.